The highest BCUT2D eigenvalue weighted by Gasteiger charge is 2.50. The van der Waals surface area contributed by atoms with E-state index in [0.717, 1.165) is 25.9 Å². The van der Waals surface area contributed by atoms with Gasteiger partial charge < -0.3 is 14.1 Å². The number of likely N-dealkylation sites (tertiary alicyclic amines) is 1. The molecular formula is C19H37NO3Si. The zero-order valence-electron chi connectivity index (χ0n) is 17.0. The molecule has 140 valence electrons. The fourth-order valence-electron chi connectivity index (χ4n) is 3.48. The van der Waals surface area contributed by atoms with Gasteiger partial charge in [-0.15, -0.1) is 0 Å². The van der Waals surface area contributed by atoms with E-state index in [1.807, 2.05) is 25.7 Å². The van der Waals surface area contributed by atoms with Gasteiger partial charge in [0.25, 0.3) is 0 Å². The topological polar surface area (TPSA) is 38.8 Å². The minimum Gasteiger partial charge on any atom is -0.444 e. The molecule has 1 spiro atoms. The standard InChI is InChI=1S/C19H37NO3Si/c1-17(2,3)22-16(21)20-11-9-19(10-12-20)13-15(14-19)23-24(7,8)18(4,5)6/h15H,9-14H2,1-8H3. The number of nitrogens with zero attached hydrogens (tertiary/aromatic N) is 1. The van der Waals surface area contributed by atoms with Crippen LogP contribution in [0.5, 0.6) is 0 Å². The number of amides is 1. The molecule has 0 N–H and O–H groups in total. The molecule has 0 bridgehead atoms. The molecule has 5 heteroatoms. The fraction of sp³-hybridized carbons (Fsp3) is 0.947. The summed E-state index contributed by atoms with van der Waals surface area (Å²) in [5, 5.41) is 0.274. The molecule has 2 rings (SSSR count). The highest BCUT2D eigenvalue weighted by atomic mass is 28.4. The van der Waals surface area contributed by atoms with Crippen molar-refractivity contribution in [1.82, 2.24) is 4.90 Å². The van der Waals surface area contributed by atoms with E-state index in [9.17, 15) is 4.79 Å². The first-order chi connectivity index (χ1) is 10.7. The van der Waals surface area contributed by atoms with Crippen LogP contribution >= 0.6 is 0 Å². The molecule has 2 aliphatic rings. The van der Waals surface area contributed by atoms with Crippen LogP contribution in [0.25, 0.3) is 0 Å². The van der Waals surface area contributed by atoms with Crippen molar-refractivity contribution in [3.05, 3.63) is 0 Å². The third-order valence-electron chi connectivity index (χ3n) is 6.06. The molecule has 1 saturated carbocycles. The molecule has 0 aromatic rings. The normalized spacial score (nSPS) is 22.4. The van der Waals surface area contributed by atoms with Crippen LogP contribution in [0.4, 0.5) is 4.79 Å². The van der Waals surface area contributed by atoms with Crippen LogP contribution in [0.3, 0.4) is 0 Å². The van der Waals surface area contributed by atoms with Gasteiger partial charge in [-0.3, -0.25) is 0 Å². The van der Waals surface area contributed by atoms with Crippen LogP contribution in [-0.4, -0.2) is 44.1 Å². The summed E-state index contributed by atoms with van der Waals surface area (Å²) in [5.74, 6) is 0. The number of carbonyl (C=O) groups is 1. The summed E-state index contributed by atoms with van der Waals surface area (Å²) in [6.07, 6.45) is 4.78. The maximum Gasteiger partial charge on any atom is 0.410 e. The van der Waals surface area contributed by atoms with Gasteiger partial charge in [-0.1, -0.05) is 20.8 Å². The summed E-state index contributed by atoms with van der Waals surface area (Å²) < 4.78 is 12.0. The van der Waals surface area contributed by atoms with Gasteiger partial charge in [0.05, 0.1) is 0 Å². The summed E-state index contributed by atoms with van der Waals surface area (Å²) in [6.45, 7) is 19.0. The third kappa shape index (κ3) is 4.54. The Kier molecular flexibility index (Phi) is 5.20. The fourth-order valence-corrected chi connectivity index (χ4v) is 4.83. The summed E-state index contributed by atoms with van der Waals surface area (Å²) >= 11 is 0. The molecule has 1 heterocycles. The van der Waals surface area contributed by atoms with Gasteiger partial charge in [-0.25, -0.2) is 4.79 Å². The molecule has 0 unspecified atom stereocenters. The Morgan fingerprint density at radius 2 is 1.54 bits per heavy atom. The predicted octanol–water partition coefficient (Wildman–Crippen LogP) is 5.19. The van der Waals surface area contributed by atoms with Crippen LogP contribution in [0.1, 0.15) is 67.2 Å². The lowest BCUT2D eigenvalue weighted by molar-refractivity contribution is -0.0633. The average Bonchev–Trinajstić information content (AvgIpc) is 2.33. The molecular weight excluding hydrogens is 318 g/mol. The van der Waals surface area contributed by atoms with Crippen molar-refractivity contribution in [2.45, 2.75) is 97.1 Å². The number of hydrogen-bond acceptors (Lipinski definition) is 3. The average molecular weight is 356 g/mol. The minimum atomic E-state index is -1.66. The van der Waals surface area contributed by atoms with Crippen molar-refractivity contribution >= 4 is 14.4 Å². The van der Waals surface area contributed by atoms with E-state index in [1.54, 1.807) is 0 Å². The molecule has 1 aliphatic carbocycles. The second-order valence-corrected chi connectivity index (χ2v) is 15.1. The summed E-state index contributed by atoms with van der Waals surface area (Å²) in [5.41, 5.74) is -0.00364. The number of carbonyl (C=O) groups excluding carboxylic acids is 1. The second-order valence-electron chi connectivity index (χ2n) is 10.4. The molecule has 0 aromatic heterocycles. The number of piperidine rings is 1. The molecule has 0 radical (unpaired) electrons. The minimum absolute atomic E-state index is 0.161. The maximum absolute atomic E-state index is 12.2. The van der Waals surface area contributed by atoms with Gasteiger partial charge in [0.15, 0.2) is 8.32 Å². The van der Waals surface area contributed by atoms with Crippen molar-refractivity contribution in [3.63, 3.8) is 0 Å². The van der Waals surface area contributed by atoms with E-state index in [4.69, 9.17) is 9.16 Å². The van der Waals surface area contributed by atoms with Gasteiger partial charge in [0, 0.05) is 19.2 Å². The van der Waals surface area contributed by atoms with Crippen LogP contribution in [-0.2, 0) is 9.16 Å². The van der Waals surface area contributed by atoms with E-state index in [1.165, 1.54) is 12.8 Å². The third-order valence-corrected chi connectivity index (χ3v) is 10.6. The Bertz CT molecular complexity index is 460. The first-order valence-electron chi connectivity index (χ1n) is 9.39. The smallest absolute Gasteiger partial charge is 0.410 e. The molecule has 2 fully saturated rings. The maximum atomic E-state index is 12.2. The van der Waals surface area contributed by atoms with Gasteiger partial charge >= 0.3 is 6.09 Å². The Labute approximate surface area is 149 Å². The number of hydrogen-bond donors (Lipinski definition) is 0. The molecule has 4 nitrogen and oxygen atoms in total. The predicted molar refractivity (Wildman–Crippen MR) is 101 cm³/mol. The lowest BCUT2D eigenvalue weighted by Gasteiger charge is -2.54. The van der Waals surface area contributed by atoms with Crippen LogP contribution in [0, 0.1) is 5.41 Å². The van der Waals surface area contributed by atoms with Gasteiger partial charge in [0.1, 0.15) is 5.60 Å². The first-order valence-corrected chi connectivity index (χ1v) is 12.3. The molecule has 0 atom stereocenters. The molecule has 0 aromatic carbocycles. The van der Waals surface area contributed by atoms with Crippen LogP contribution < -0.4 is 0 Å². The zero-order valence-corrected chi connectivity index (χ0v) is 18.0. The summed E-state index contributed by atoms with van der Waals surface area (Å²) in [6, 6.07) is 0. The number of ether oxygens (including phenoxy) is 1. The highest BCUT2D eigenvalue weighted by Crippen LogP contribution is 2.52. The Balaban J connectivity index is 1.80. The van der Waals surface area contributed by atoms with Gasteiger partial charge in [0.2, 0.25) is 0 Å². The van der Waals surface area contributed by atoms with Crippen LogP contribution in [0.2, 0.25) is 18.1 Å². The summed E-state index contributed by atoms with van der Waals surface area (Å²) in [4.78, 5) is 14.1. The van der Waals surface area contributed by atoms with Crippen molar-refractivity contribution in [2.24, 2.45) is 5.41 Å². The van der Waals surface area contributed by atoms with E-state index in [2.05, 4.69) is 33.9 Å². The Morgan fingerprint density at radius 3 is 1.96 bits per heavy atom. The quantitative estimate of drug-likeness (QED) is 0.640. The van der Waals surface area contributed by atoms with Gasteiger partial charge in [-0.05, 0) is 70.0 Å². The van der Waals surface area contributed by atoms with Crippen molar-refractivity contribution in [2.75, 3.05) is 13.1 Å². The lowest BCUT2D eigenvalue weighted by Crippen LogP contribution is -2.55. The van der Waals surface area contributed by atoms with Crippen molar-refractivity contribution in [1.29, 1.82) is 0 Å². The summed E-state index contributed by atoms with van der Waals surface area (Å²) in [7, 11) is -1.66. The van der Waals surface area contributed by atoms with Crippen molar-refractivity contribution < 1.29 is 14.0 Å². The molecule has 1 saturated heterocycles. The second kappa shape index (κ2) is 6.31. The molecule has 1 aliphatic heterocycles. The van der Waals surface area contributed by atoms with E-state index < -0.39 is 13.9 Å². The number of rotatable bonds is 2. The van der Waals surface area contributed by atoms with Crippen LogP contribution in [0.15, 0.2) is 0 Å². The first kappa shape index (κ1) is 19.8. The van der Waals surface area contributed by atoms with E-state index >= 15 is 0 Å². The van der Waals surface area contributed by atoms with Crippen molar-refractivity contribution in [3.8, 4) is 0 Å². The highest BCUT2D eigenvalue weighted by molar-refractivity contribution is 6.74. The monoisotopic (exact) mass is 355 g/mol. The zero-order chi connectivity index (χ0) is 18.4. The van der Waals surface area contributed by atoms with E-state index in [-0.39, 0.29) is 11.1 Å². The molecule has 1 amide bonds. The van der Waals surface area contributed by atoms with E-state index in [0.29, 0.717) is 11.5 Å². The SMILES string of the molecule is CC(C)(C)OC(=O)N1CCC2(CC1)CC(O[Si](C)(C)C(C)(C)C)C2. The molecule has 24 heavy (non-hydrogen) atoms. The largest absolute Gasteiger partial charge is 0.444 e. The van der Waals surface area contributed by atoms with Gasteiger partial charge in [-0.2, -0.15) is 0 Å². The Morgan fingerprint density at radius 1 is 1.04 bits per heavy atom. The Hall–Kier alpha value is -0.553. The lowest BCUT2D eigenvalue weighted by atomic mass is 9.61.